The number of halogens is 1. The molecule has 1 aromatic rings. The maximum absolute atomic E-state index is 13.2. The predicted octanol–water partition coefficient (Wildman–Crippen LogP) is 2.13. The Bertz CT molecular complexity index is 359. The summed E-state index contributed by atoms with van der Waals surface area (Å²) >= 11 is 0. The minimum atomic E-state index is -0.152. The Balaban J connectivity index is 2.12. The smallest absolute Gasteiger partial charge is 0.126 e. The van der Waals surface area contributed by atoms with Crippen LogP contribution in [0, 0.1) is 18.7 Å². The zero-order valence-corrected chi connectivity index (χ0v) is 9.67. The van der Waals surface area contributed by atoms with E-state index in [1.165, 1.54) is 6.07 Å². The second-order valence-corrected chi connectivity index (χ2v) is 4.62. The summed E-state index contributed by atoms with van der Waals surface area (Å²) in [5.74, 6) is 0.368. The van der Waals surface area contributed by atoms with Gasteiger partial charge in [0.1, 0.15) is 5.82 Å². The monoisotopic (exact) mass is 222 g/mol. The maximum atomic E-state index is 13.2. The summed E-state index contributed by atoms with van der Waals surface area (Å²) in [6.07, 6.45) is 2.22. The predicted molar refractivity (Wildman–Crippen MR) is 63.7 cm³/mol. The van der Waals surface area contributed by atoms with Gasteiger partial charge in [0.05, 0.1) is 0 Å². The number of hydrogen-bond acceptors (Lipinski definition) is 2. The van der Waals surface area contributed by atoms with Crippen LogP contribution in [0.1, 0.15) is 30.0 Å². The molecule has 16 heavy (non-hydrogen) atoms. The van der Waals surface area contributed by atoms with Crippen LogP contribution >= 0.6 is 0 Å². The van der Waals surface area contributed by atoms with Crippen molar-refractivity contribution >= 4 is 0 Å². The molecule has 1 aromatic carbocycles. The van der Waals surface area contributed by atoms with Gasteiger partial charge in [0, 0.05) is 6.04 Å². The van der Waals surface area contributed by atoms with Crippen LogP contribution in [0.4, 0.5) is 4.39 Å². The summed E-state index contributed by atoms with van der Waals surface area (Å²) in [6, 6.07) is 5.25. The van der Waals surface area contributed by atoms with Gasteiger partial charge in [-0.2, -0.15) is 0 Å². The molecule has 1 saturated heterocycles. The van der Waals surface area contributed by atoms with Crippen LogP contribution in [0.25, 0.3) is 0 Å². The molecule has 1 heterocycles. The summed E-state index contributed by atoms with van der Waals surface area (Å²) in [5.41, 5.74) is 7.98. The molecule has 0 aliphatic carbocycles. The van der Waals surface area contributed by atoms with Crippen LogP contribution in [0.2, 0.25) is 0 Å². The number of rotatable bonds is 2. The Morgan fingerprint density at radius 1 is 1.38 bits per heavy atom. The lowest BCUT2D eigenvalue weighted by molar-refractivity contribution is 0.322. The van der Waals surface area contributed by atoms with Crippen molar-refractivity contribution < 1.29 is 4.39 Å². The van der Waals surface area contributed by atoms with Gasteiger partial charge in [0.15, 0.2) is 0 Å². The average Bonchev–Trinajstić information content (AvgIpc) is 2.33. The molecule has 0 bridgehead atoms. The molecule has 3 N–H and O–H groups in total. The van der Waals surface area contributed by atoms with Crippen molar-refractivity contribution in [2.24, 2.45) is 11.7 Å². The largest absolute Gasteiger partial charge is 0.324 e. The van der Waals surface area contributed by atoms with E-state index in [0.29, 0.717) is 11.5 Å². The van der Waals surface area contributed by atoms with E-state index >= 15 is 0 Å². The standard InChI is InChI=1S/C13H19FN2/c1-9-8-11(2-3-12(9)14)13(15)10-4-6-16-7-5-10/h2-3,8,10,13,16H,4-7,15H2,1H3. The van der Waals surface area contributed by atoms with Gasteiger partial charge < -0.3 is 11.1 Å². The van der Waals surface area contributed by atoms with Crippen LogP contribution < -0.4 is 11.1 Å². The highest BCUT2D eigenvalue weighted by Gasteiger charge is 2.21. The molecule has 0 spiro atoms. The van der Waals surface area contributed by atoms with Crippen LogP contribution in [-0.2, 0) is 0 Å². The van der Waals surface area contributed by atoms with Crippen molar-refractivity contribution in [3.63, 3.8) is 0 Å². The van der Waals surface area contributed by atoms with E-state index < -0.39 is 0 Å². The Morgan fingerprint density at radius 2 is 2.06 bits per heavy atom. The van der Waals surface area contributed by atoms with Crippen LogP contribution in [0.3, 0.4) is 0 Å². The summed E-state index contributed by atoms with van der Waals surface area (Å²) < 4.78 is 13.2. The fourth-order valence-electron chi connectivity index (χ4n) is 2.35. The van der Waals surface area contributed by atoms with Crippen molar-refractivity contribution in [2.75, 3.05) is 13.1 Å². The molecule has 1 atom stereocenters. The van der Waals surface area contributed by atoms with Crippen molar-refractivity contribution in [3.8, 4) is 0 Å². The van der Waals surface area contributed by atoms with Gasteiger partial charge in [-0.1, -0.05) is 12.1 Å². The second-order valence-electron chi connectivity index (χ2n) is 4.62. The number of hydrogen-bond donors (Lipinski definition) is 2. The first-order valence-electron chi connectivity index (χ1n) is 5.91. The summed E-state index contributed by atoms with van der Waals surface area (Å²) in [7, 11) is 0. The van der Waals surface area contributed by atoms with E-state index in [0.717, 1.165) is 31.5 Å². The third-order valence-corrected chi connectivity index (χ3v) is 3.46. The highest BCUT2D eigenvalue weighted by molar-refractivity contribution is 5.26. The van der Waals surface area contributed by atoms with Gasteiger partial charge in [-0.25, -0.2) is 4.39 Å². The Labute approximate surface area is 96.0 Å². The van der Waals surface area contributed by atoms with Gasteiger partial charge in [0.25, 0.3) is 0 Å². The normalized spacial score (nSPS) is 19.7. The van der Waals surface area contributed by atoms with Crippen molar-refractivity contribution in [1.82, 2.24) is 5.32 Å². The van der Waals surface area contributed by atoms with E-state index in [4.69, 9.17) is 5.73 Å². The lowest BCUT2D eigenvalue weighted by Gasteiger charge is -2.28. The third kappa shape index (κ3) is 2.42. The molecule has 2 rings (SSSR count). The van der Waals surface area contributed by atoms with Gasteiger partial charge in [0.2, 0.25) is 0 Å². The molecule has 3 heteroatoms. The highest BCUT2D eigenvalue weighted by Crippen LogP contribution is 2.27. The van der Waals surface area contributed by atoms with Gasteiger partial charge in [-0.05, 0) is 56.0 Å². The van der Waals surface area contributed by atoms with E-state index in [2.05, 4.69) is 5.32 Å². The SMILES string of the molecule is Cc1cc(C(N)C2CCNCC2)ccc1F. The van der Waals surface area contributed by atoms with Crippen LogP contribution in [0.5, 0.6) is 0 Å². The maximum Gasteiger partial charge on any atom is 0.126 e. The number of benzene rings is 1. The first kappa shape index (κ1) is 11.6. The molecular formula is C13H19FN2. The molecule has 88 valence electrons. The third-order valence-electron chi connectivity index (χ3n) is 3.46. The molecule has 1 aliphatic rings. The lowest BCUT2D eigenvalue weighted by Crippen LogP contribution is -2.33. The second kappa shape index (κ2) is 4.93. The van der Waals surface area contributed by atoms with E-state index in [-0.39, 0.29) is 11.9 Å². The van der Waals surface area contributed by atoms with Crippen molar-refractivity contribution in [2.45, 2.75) is 25.8 Å². The quantitative estimate of drug-likeness (QED) is 0.804. The van der Waals surface area contributed by atoms with Crippen molar-refractivity contribution in [1.29, 1.82) is 0 Å². The van der Waals surface area contributed by atoms with Gasteiger partial charge in [-0.15, -0.1) is 0 Å². The summed E-state index contributed by atoms with van der Waals surface area (Å²) in [4.78, 5) is 0. The molecule has 0 saturated carbocycles. The number of piperidine rings is 1. The molecule has 1 fully saturated rings. The van der Waals surface area contributed by atoms with E-state index in [1.54, 1.807) is 6.92 Å². The Hall–Kier alpha value is -0.930. The average molecular weight is 222 g/mol. The number of nitrogens with one attached hydrogen (secondary N) is 1. The molecule has 1 unspecified atom stereocenters. The summed E-state index contributed by atoms with van der Waals surface area (Å²) in [6.45, 7) is 3.87. The Kier molecular flexibility index (Phi) is 3.56. The highest BCUT2D eigenvalue weighted by atomic mass is 19.1. The van der Waals surface area contributed by atoms with E-state index in [9.17, 15) is 4.39 Å². The molecule has 2 nitrogen and oxygen atoms in total. The Morgan fingerprint density at radius 3 is 2.69 bits per heavy atom. The molecule has 1 aliphatic heterocycles. The van der Waals surface area contributed by atoms with Gasteiger partial charge >= 0.3 is 0 Å². The first-order valence-corrected chi connectivity index (χ1v) is 5.91. The van der Waals surface area contributed by atoms with E-state index in [1.807, 2.05) is 12.1 Å². The van der Waals surface area contributed by atoms with Gasteiger partial charge in [-0.3, -0.25) is 0 Å². The molecular weight excluding hydrogens is 203 g/mol. The van der Waals surface area contributed by atoms with Crippen LogP contribution in [-0.4, -0.2) is 13.1 Å². The fraction of sp³-hybridized carbons (Fsp3) is 0.538. The fourth-order valence-corrected chi connectivity index (χ4v) is 2.35. The zero-order valence-electron chi connectivity index (χ0n) is 9.67. The number of nitrogens with two attached hydrogens (primary N) is 1. The number of aryl methyl sites for hydroxylation is 1. The summed E-state index contributed by atoms with van der Waals surface area (Å²) in [5, 5.41) is 3.33. The molecule has 0 radical (unpaired) electrons. The topological polar surface area (TPSA) is 38.0 Å². The first-order chi connectivity index (χ1) is 7.68. The van der Waals surface area contributed by atoms with Crippen molar-refractivity contribution in [3.05, 3.63) is 35.1 Å². The molecule has 0 aromatic heterocycles. The minimum Gasteiger partial charge on any atom is -0.324 e. The molecule has 0 amide bonds. The van der Waals surface area contributed by atoms with Crippen LogP contribution in [0.15, 0.2) is 18.2 Å². The zero-order chi connectivity index (χ0) is 11.5. The minimum absolute atomic E-state index is 0.0430. The lowest BCUT2D eigenvalue weighted by atomic mass is 9.86.